The molecule has 1 aliphatic rings. The highest BCUT2D eigenvalue weighted by molar-refractivity contribution is 7.71. The number of aromatic nitrogens is 2. The van der Waals surface area contributed by atoms with Crippen LogP contribution in [0.25, 0.3) is 0 Å². The van der Waals surface area contributed by atoms with Crippen LogP contribution in [0.1, 0.15) is 44.1 Å². The Hall–Kier alpha value is -0.700. The van der Waals surface area contributed by atoms with E-state index >= 15 is 0 Å². The number of nitrogens with zero attached hydrogens (tertiary/aromatic N) is 1. The standard InChI is InChI=1S/C11H16N2S/c1-8-7-9(14)13-10(12-8)11(2)5-3-4-6-11/h7H,3-6H2,1-2H3,(H,12,13,14). The zero-order valence-electron chi connectivity index (χ0n) is 8.76. The Morgan fingerprint density at radius 1 is 1.43 bits per heavy atom. The summed E-state index contributed by atoms with van der Waals surface area (Å²) in [7, 11) is 0. The molecule has 14 heavy (non-hydrogen) atoms. The topological polar surface area (TPSA) is 28.7 Å². The summed E-state index contributed by atoms with van der Waals surface area (Å²) < 4.78 is 0.712. The van der Waals surface area contributed by atoms with Crippen molar-refractivity contribution >= 4 is 12.2 Å². The molecule has 76 valence electrons. The smallest absolute Gasteiger partial charge is 0.130 e. The van der Waals surface area contributed by atoms with Gasteiger partial charge in [0.1, 0.15) is 10.5 Å². The molecule has 2 nitrogen and oxygen atoms in total. The molecule has 1 N–H and O–H groups in total. The Bertz CT molecular complexity index is 389. The van der Waals surface area contributed by atoms with Gasteiger partial charge in [0, 0.05) is 11.1 Å². The molecule has 0 aromatic carbocycles. The van der Waals surface area contributed by atoms with E-state index < -0.39 is 0 Å². The average molecular weight is 208 g/mol. The summed E-state index contributed by atoms with van der Waals surface area (Å²) in [5.74, 6) is 1.08. The molecule has 1 fully saturated rings. The first kappa shape index (κ1) is 9.84. The molecule has 1 aromatic rings. The maximum atomic E-state index is 5.14. The summed E-state index contributed by atoms with van der Waals surface area (Å²) in [6.07, 6.45) is 5.09. The van der Waals surface area contributed by atoms with Crippen LogP contribution >= 0.6 is 12.2 Å². The quantitative estimate of drug-likeness (QED) is 0.717. The van der Waals surface area contributed by atoms with Gasteiger partial charge in [-0.05, 0) is 25.8 Å². The van der Waals surface area contributed by atoms with Crippen LogP contribution in [-0.2, 0) is 5.41 Å². The van der Waals surface area contributed by atoms with Gasteiger partial charge in [-0.15, -0.1) is 0 Å². The fourth-order valence-electron chi connectivity index (χ4n) is 2.26. The summed E-state index contributed by atoms with van der Waals surface area (Å²) in [4.78, 5) is 7.80. The average Bonchev–Trinajstić information content (AvgIpc) is 2.52. The Balaban J connectivity index is 2.45. The lowest BCUT2D eigenvalue weighted by atomic mass is 9.88. The third-order valence-corrected chi connectivity index (χ3v) is 3.37. The highest BCUT2D eigenvalue weighted by Crippen LogP contribution is 2.38. The van der Waals surface area contributed by atoms with E-state index in [-0.39, 0.29) is 5.41 Å². The van der Waals surface area contributed by atoms with Gasteiger partial charge in [-0.1, -0.05) is 32.0 Å². The van der Waals surface area contributed by atoms with Gasteiger partial charge in [-0.2, -0.15) is 0 Å². The monoisotopic (exact) mass is 208 g/mol. The number of H-pyrrole nitrogens is 1. The number of nitrogens with one attached hydrogen (secondary N) is 1. The molecule has 0 saturated heterocycles. The fourth-order valence-corrected chi connectivity index (χ4v) is 2.52. The van der Waals surface area contributed by atoms with Crippen molar-refractivity contribution in [3.8, 4) is 0 Å². The van der Waals surface area contributed by atoms with Crippen LogP contribution in [0, 0.1) is 11.6 Å². The molecule has 3 heteroatoms. The van der Waals surface area contributed by atoms with Gasteiger partial charge in [0.15, 0.2) is 0 Å². The van der Waals surface area contributed by atoms with E-state index in [4.69, 9.17) is 12.2 Å². The molecular formula is C11H16N2S. The molecule has 1 saturated carbocycles. The summed E-state index contributed by atoms with van der Waals surface area (Å²) in [6, 6.07) is 1.91. The zero-order valence-corrected chi connectivity index (χ0v) is 9.58. The fraction of sp³-hybridized carbons (Fsp3) is 0.636. The molecule has 0 aliphatic heterocycles. The van der Waals surface area contributed by atoms with Gasteiger partial charge in [0.05, 0.1) is 0 Å². The SMILES string of the molecule is Cc1cc(=S)nc(C2(C)CCCC2)[nH]1. The minimum absolute atomic E-state index is 0.236. The van der Waals surface area contributed by atoms with Crippen LogP contribution in [0.4, 0.5) is 0 Å². The third kappa shape index (κ3) is 1.73. The summed E-state index contributed by atoms with van der Waals surface area (Å²) in [5.41, 5.74) is 1.35. The number of rotatable bonds is 1. The van der Waals surface area contributed by atoms with E-state index in [9.17, 15) is 0 Å². The second-order valence-corrected chi connectivity index (χ2v) is 4.94. The van der Waals surface area contributed by atoms with E-state index in [0.717, 1.165) is 11.5 Å². The summed E-state index contributed by atoms with van der Waals surface area (Å²) >= 11 is 5.14. The summed E-state index contributed by atoms with van der Waals surface area (Å²) in [5, 5.41) is 0. The normalized spacial score (nSPS) is 19.9. The molecule has 1 heterocycles. The van der Waals surface area contributed by atoms with Gasteiger partial charge >= 0.3 is 0 Å². The van der Waals surface area contributed by atoms with Gasteiger partial charge in [-0.3, -0.25) is 0 Å². The van der Waals surface area contributed by atoms with E-state index in [0.29, 0.717) is 4.64 Å². The number of aromatic amines is 1. The molecule has 1 aliphatic carbocycles. The van der Waals surface area contributed by atoms with Gasteiger partial charge < -0.3 is 4.98 Å². The van der Waals surface area contributed by atoms with Crippen LogP contribution in [0.2, 0.25) is 0 Å². The van der Waals surface area contributed by atoms with Crippen LogP contribution < -0.4 is 0 Å². The highest BCUT2D eigenvalue weighted by atomic mass is 32.1. The Morgan fingerprint density at radius 2 is 2.07 bits per heavy atom. The first-order valence-electron chi connectivity index (χ1n) is 5.19. The molecule has 0 bridgehead atoms. The molecule has 0 radical (unpaired) electrons. The number of hydrogen-bond acceptors (Lipinski definition) is 2. The van der Waals surface area contributed by atoms with Crippen LogP contribution in [0.15, 0.2) is 6.07 Å². The van der Waals surface area contributed by atoms with Gasteiger partial charge in [0.2, 0.25) is 0 Å². The molecule has 0 unspecified atom stereocenters. The Kier molecular flexibility index (Phi) is 2.43. The van der Waals surface area contributed by atoms with Crippen LogP contribution in [-0.4, -0.2) is 9.97 Å². The first-order valence-corrected chi connectivity index (χ1v) is 5.59. The molecule has 1 aromatic heterocycles. The van der Waals surface area contributed by atoms with E-state index in [1.807, 2.05) is 13.0 Å². The Morgan fingerprint density at radius 3 is 2.64 bits per heavy atom. The van der Waals surface area contributed by atoms with E-state index in [2.05, 4.69) is 16.9 Å². The van der Waals surface area contributed by atoms with Crippen molar-refractivity contribution < 1.29 is 0 Å². The third-order valence-electron chi connectivity index (χ3n) is 3.16. The van der Waals surface area contributed by atoms with Crippen molar-refractivity contribution in [3.63, 3.8) is 0 Å². The summed E-state index contributed by atoms with van der Waals surface area (Å²) in [6.45, 7) is 4.33. The van der Waals surface area contributed by atoms with Crippen molar-refractivity contribution in [2.45, 2.75) is 44.9 Å². The van der Waals surface area contributed by atoms with Crippen molar-refractivity contribution in [1.82, 2.24) is 9.97 Å². The minimum atomic E-state index is 0.236. The number of aryl methyl sites for hydroxylation is 1. The van der Waals surface area contributed by atoms with E-state index in [1.54, 1.807) is 0 Å². The van der Waals surface area contributed by atoms with Crippen molar-refractivity contribution in [3.05, 3.63) is 22.2 Å². The predicted octanol–water partition coefficient (Wildman–Crippen LogP) is 3.28. The highest BCUT2D eigenvalue weighted by Gasteiger charge is 2.32. The lowest BCUT2D eigenvalue weighted by Gasteiger charge is -2.22. The van der Waals surface area contributed by atoms with Gasteiger partial charge in [-0.25, -0.2) is 4.98 Å². The zero-order chi connectivity index (χ0) is 10.2. The lowest BCUT2D eigenvalue weighted by Crippen LogP contribution is -2.21. The molecule has 0 amide bonds. The second-order valence-electron chi connectivity index (χ2n) is 4.52. The lowest BCUT2D eigenvalue weighted by molar-refractivity contribution is 0.456. The molecule has 2 rings (SSSR count). The van der Waals surface area contributed by atoms with Crippen LogP contribution in [0.5, 0.6) is 0 Å². The molecular weight excluding hydrogens is 192 g/mol. The Labute approximate surface area is 89.8 Å². The maximum Gasteiger partial charge on any atom is 0.130 e. The predicted molar refractivity (Wildman–Crippen MR) is 60.0 cm³/mol. The van der Waals surface area contributed by atoms with E-state index in [1.165, 1.54) is 25.7 Å². The maximum absolute atomic E-state index is 5.14. The largest absolute Gasteiger partial charge is 0.347 e. The second kappa shape index (κ2) is 3.46. The van der Waals surface area contributed by atoms with Gasteiger partial charge in [0.25, 0.3) is 0 Å². The van der Waals surface area contributed by atoms with Crippen molar-refractivity contribution in [2.24, 2.45) is 0 Å². The van der Waals surface area contributed by atoms with Crippen molar-refractivity contribution in [2.75, 3.05) is 0 Å². The number of hydrogen-bond donors (Lipinski definition) is 1. The first-order chi connectivity index (χ1) is 6.60. The molecule has 0 atom stereocenters. The van der Waals surface area contributed by atoms with Crippen LogP contribution in [0.3, 0.4) is 0 Å². The van der Waals surface area contributed by atoms with Crippen molar-refractivity contribution in [1.29, 1.82) is 0 Å². The molecule has 0 spiro atoms. The minimum Gasteiger partial charge on any atom is -0.347 e.